The molecule has 0 radical (unpaired) electrons. The topological polar surface area (TPSA) is 85.2 Å². The Labute approximate surface area is 181 Å². The lowest BCUT2D eigenvalue weighted by molar-refractivity contribution is -0.135. The van der Waals surface area contributed by atoms with Crippen molar-refractivity contribution in [3.05, 3.63) is 86.8 Å². The van der Waals surface area contributed by atoms with Crippen molar-refractivity contribution >= 4 is 33.9 Å². The van der Waals surface area contributed by atoms with Crippen molar-refractivity contribution < 1.29 is 18.4 Å². The summed E-state index contributed by atoms with van der Waals surface area (Å²) in [7, 11) is 0. The molecule has 7 nitrogen and oxygen atoms in total. The maximum atomic E-state index is 13.0. The number of thiophene rings is 1. The zero-order valence-electron chi connectivity index (χ0n) is 16.6. The van der Waals surface area contributed by atoms with E-state index >= 15 is 0 Å². The summed E-state index contributed by atoms with van der Waals surface area (Å²) in [5, 5.41) is 8.79. The Balaban J connectivity index is 1.37. The molecule has 1 aliphatic heterocycles. The number of nitrogens with zero attached hydrogens (tertiary/aromatic N) is 2. The molecule has 1 unspecified atom stereocenters. The van der Waals surface area contributed by atoms with Gasteiger partial charge in [0, 0.05) is 23.9 Å². The van der Waals surface area contributed by atoms with Crippen molar-refractivity contribution in [1.29, 1.82) is 0 Å². The molecule has 4 heterocycles. The molecule has 1 aliphatic rings. The third-order valence-corrected chi connectivity index (χ3v) is 6.05. The molecule has 3 aromatic heterocycles. The van der Waals surface area contributed by atoms with Gasteiger partial charge in [0.1, 0.15) is 23.1 Å². The highest BCUT2D eigenvalue weighted by Crippen LogP contribution is 2.34. The van der Waals surface area contributed by atoms with Gasteiger partial charge in [-0.2, -0.15) is 5.10 Å². The average Bonchev–Trinajstić information content (AvgIpc) is 3.52. The number of fused-ring (bicyclic) bond motifs is 1. The summed E-state index contributed by atoms with van der Waals surface area (Å²) in [5.41, 5.74) is 1.66. The van der Waals surface area contributed by atoms with Crippen LogP contribution >= 0.6 is 11.3 Å². The number of furan rings is 1. The molecule has 5 rings (SSSR count). The van der Waals surface area contributed by atoms with Crippen molar-refractivity contribution in [3.8, 4) is 5.75 Å². The van der Waals surface area contributed by atoms with Crippen LogP contribution in [-0.2, 0) is 4.79 Å². The Hall–Kier alpha value is -3.65. The number of carbonyl (C=O) groups excluding carboxylic acids is 1. The molecule has 8 heteroatoms. The number of aryl methyl sites for hydroxylation is 1. The Morgan fingerprint density at radius 1 is 1.26 bits per heavy atom. The molecule has 0 aliphatic carbocycles. The molecule has 1 atom stereocenters. The first kappa shape index (κ1) is 19.3. The van der Waals surface area contributed by atoms with Gasteiger partial charge >= 0.3 is 5.63 Å². The van der Waals surface area contributed by atoms with Gasteiger partial charge in [0.15, 0.2) is 6.61 Å². The quantitative estimate of drug-likeness (QED) is 0.432. The van der Waals surface area contributed by atoms with Crippen molar-refractivity contribution in [2.24, 2.45) is 5.10 Å². The predicted octanol–water partition coefficient (Wildman–Crippen LogP) is 4.51. The molecule has 4 aromatic rings. The Morgan fingerprint density at radius 3 is 2.94 bits per heavy atom. The van der Waals surface area contributed by atoms with E-state index in [0.29, 0.717) is 23.5 Å². The lowest BCUT2D eigenvalue weighted by Crippen LogP contribution is -2.31. The SMILES string of the molecule is Cc1cc(=O)oc2cc(OCC(=O)N3N=C(c4cccs4)CC3c3ccco3)ccc12. The van der Waals surface area contributed by atoms with Crippen LogP contribution in [0, 0.1) is 6.92 Å². The highest BCUT2D eigenvalue weighted by Gasteiger charge is 2.35. The van der Waals surface area contributed by atoms with Crippen LogP contribution in [0.2, 0.25) is 0 Å². The smallest absolute Gasteiger partial charge is 0.336 e. The summed E-state index contributed by atoms with van der Waals surface area (Å²) >= 11 is 1.58. The molecule has 0 fully saturated rings. The fraction of sp³-hybridized carbons (Fsp3) is 0.174. The molecule has 156 valence electrons. The van der Waals surface area contributed by atoms with Gasteiger partial charge in [0.05, 0.1) is 16.9 Å². The number of amides is 1. The first-order valence-corrected chi connectivity index (χ1v) is 10.6. The number of hydrogen-bond acceptors (Lipinski definition) is 7. The monoisotopic (exact) mass is 434 g/mol. The van der Waals surface area contributed by atoms with E-state index in [1.807, 2.05) is 36.6 Å². The van der Waals surface area contributed by atoms with E-state index in [0.717, 1.165) is 21.5 Å². The minimum absolute atomic E-state index is 0.208. The van der Waals surface area contributed by atoms with Crippen LogP contribution in [0.15, 0.2) is 78.9 Å². The fourth-order valence-corrected chi connectivity index (χ4v) is 4.36. The molecule has 0 N–H and O–H groups in total. The van der Waals surface area contributed by atoms with Gasteiger partial charge in [0.2, 0.25) is 0 Å². The van der Waals surface area contributed by atoms with Crippen LogP contribution in [0.25, 0.3) is 11.0 Å². The minimum atomic E-state index is -0.424. The number of rotatable bonds is 5. The summed E-state index contributed by atoms with van der Waals surface area (Å²) in [6.45, 7) is 1.63. The standard InChI is InChI=1S/C23H18N2O5S/c1-14-10-23(27)30-20-11-15(6-7-16(14)20)29-13-22(26)25-18(19-4-2-8-28-19)12-17(24-25)21-5-3-9-31-21/h2-11,18H,12-13H2,1H3. The first-order chi connectivity index (χ1) is 15.1. The van der Waals surface area contributed by atoms with Gasteiger partial charge in [-0.3, -0.25) is 4.79 Å². The predicted molar refractivity (Wildman–Crippen MR) is 116 cm³/mol. The van der Waals surface area contributed by atoms with E-state index < -0.39 is 5.63 Å². The fourth-order valence-electron chi connectivity index (χ4n) is 3.64. The number of ether oxygens (including phenoxy) is 1. The van der Waals surface area contributed by atoms with E-state index in [2.05, 4.69) is 5.10 Å². The second-order valence-corrected chi connectivity index (χ2v) is 8.14. The van der Waals surface area contributed by atoms with Crippen LogP contribution < -0.4 is 10.4 Å². The Bertz CT molecular complexity index is 1320. The molecule has 0 spiro atoms. The van der Waals surface area contributed by atoms with Crippen molar-refractivity contribution in [2.45, 2.75) is 19.4 Å². The van der Waals surface area contributed by atoms with Gasteiger partial charge in [-0.05, 0) is 48.2 Å². The van der Waals surface area contributed by atoms with E-state index in [1.54, 1.807) is 35.8 Å². The van der Waals surface area contributed by atoms with E-state index in [1.165, 1.54) is 11.1 Å². The molecular weight excluding hydrogens is 416 g/mol. The van der Waals surface area contributed by atoms with E-state index in [-0.39, 0.29) is 18.6 Å². The van der Waals surface area contributed by atoms with Crippen molar-refractivity contribution in [3.63, 3.8) is 0 Å². The van der Waals surface area contributed by atoms with E-state index in [4.69, 9.17) is 13.6 Å². The highest BCUT2D eigenvalue weighted by molar-refractivity contribution is 7.12. The lowest BCUT2D eigenvalue weighted by atomic mass is 10.1. The first-order valence-electron chi connectivity index (χ1n) is 9.72. The molecular formula is C23H18N2O5S. The highest BCUT2D eigenvalue weighted by atomic mass is 32.1. The second kappa shape index (κ2) is 7.88. The largest absolute Gasteiger partial charge is 0.484 e. The summed E-state index contributed by atoms with van der Waals surface area (Å²) in [5.74, 6) is 0.816. The number of hydrogen-bond donors (Lipinski definition) is 0. The Morgan fingerprint density at radius 2 is 2.16 bits per heavy atom. The van der Waals surface area contributed by atoms with Gasteiger partial charge in [-0.25, -0.2) is 9.80 Å². The maximum absolute atomic E-state index is 13.0. The van der Waals surface area contributed by atoms with E-state index in [9.17, 15) is 9.59 Å². The Kier molecular flexibility index (Phi) is 4.91. The van der Waals surface area contributed by atoms with Crippen LogP contribution in [0.5, 0.6) is 5.75 Å². The molecule has 1 aromatic carbocycles. The molecule has 0 saturated carbocycles. The van der Waals surface area contributed by atoms with Crippen LogP contribution in [0.4, 0.5) is 0 Å². The number of carbonyl (C=O) groups is 1. The normalized spacial score (nSPS) is 16.0. The minimum Gasteiger partial charge on any atom is -0.484 e. The maximum Gasteiger partial charge on any atom is 0.336 e. The van der Waals surface area contributed by atoms with Crippen molar-refractivity contribution in [1.82, 2.24) is 5.01 Å². The summed E-state index contributed by atoms with van der Waals surface area (Å²) < 4.78 is 16.5. The van der Waals surface area contributed by atoms with Crippen molar-refractivity contribution in [2.75, 3.05) is 6.61 Å². The number of hydrazone groups is 1. The lowest BCUT2D eigenvalue weighted by Gasteiger charge is -2.20. The van der Waals surface area contributed by atoms with Crippen LogP contribution in [0.1, 0.15) is 28.7 Å². The molecule has 31 heavy (non-hydrogen) atoms. The van der Waals surface area contributed by atoms with Gasteiger partial charge in [-0.1, -0.05) is 6.07 Å². The van der Waals surface area contributed by atoms with Gasteiger partial charge in [-0.15, -0.1) is 11.3 Å². The molecule has 0 saturated heterocycles. The summed E-state index contributed by atoms with van der Waals surface area (Å²) in [6, 6.07) is 13.9. The van der Waals surface area contributed by atoms with Crippen LogP contribution in [-0.4, -0.2) is 23.2 Å². The zero-order chi connectivity index (χ0) is 21.4. The molecule has 0 bridgehead atoms. The average molecular weight is 434 g/mol. The summed E-state index contributed by atoms with van der Waals surface area (Å²) in [4.78, 5) is 25.7. The summed E-state index contributed by atoms with van der Waals surface area (Å²) in [6.07, 6.45) is 2.16. The third-order valence-electron chi connectivity index (χ3n) is 5.13. The third kappa shape index (κ3) is 3.77. The second-order valence-electron chi connectivity index (χ2n) is 7.19. The van der Waals surface area contributed by atoms with Crippen LogP contribution in [0.3, 0.4) is 0 Å². The van der Waals surface area contributed by atoms with Gasteiger partial charge in [0.25, 0.3) is 5.91 Å². The molecule has 1 amide bonds. The van der Waals surface area contributed by atoms with Gasteiger partial charge < -0.3 is 13.6 Å². The number of benzene rings is 1. The zero-order valence-corrected chi connectivity index (χ0v) is 17.4.